The van der Waals surface area contributed by atoms with Crippen LogP contribution in [0, 0.1) is 5.92 Å². The van der Waals surface area contributed by atoms with E-state index in [0.29, 0.717) is 5.92 Å². The minimum Gasteiger partial charge on any atom is -0.388 e. The molecule has 13 heavy (non-hydrogen) atoms. The Labute approximate surface area is 79.7 Å². The lowest BCUT2D eigenvalue weighted by atomic mass is 10.0. The van der Waals surface area contributed by atoms with Crippen LogP contribution in [-0.2, 0) is 4.74 Å². The first-order chi connectivity index (χ1) is 6.02. The van der Waals surface area contributed by atoms with E-state index in [0.717, 1.165) is 12.8 Å². The van der Waals surface area contributed by atoms with E-state index in [1.165, 1.54) is 0 Å². The van der Waals surface area contributed by atoms with Crippen molar-refractivity contribution in [1.29, 1.82) is 0 Å². The smallest absolute Gasteiger partial charge is 0.109 e. The van der Waals surface area contributed by atoms with E-state index in [2.05, 4.69) is 13.8 Å². The normalized spacial score (nSPS) is 40.2. The quantitative estimate of drug-likeness (QED) is 0.692. The predicted octanol–water partition coefficient (Wildman–Crippen LogP) is 0.932. The van der Waals surface area contributed by atoms with E-state index in [1.807, 2.05) is 0 Å². The first-order valence-electron chi connectivity index (χ1n) is 5.04. The second-order valence-electron chi connectivity index (χ2n) is 4.33. The van der Waals surface area contributed by atoms with Crippen LogP contribution < -0.4 is 0 Å². The third-order valence-electron chi connectivity index (χ3n) is 2.63. The summed E-state index contributed by atoms with van der Waals surface area (Å²) < 4.78 is 5.44. The molecular weight excluding hydrogens is 168 g/mol. The molecule has 78 valence electrons. The van der Waals surface area contributed by atoms with Crippen LogP contribution in [0.15, 0.2) is 0 Å². The summed E-state index contributed by atoms with van der Waals surface area (Å²) in [6, 6.07) is 0. The maximum atomic E-state index is 9.57. The number of hydrogen-bond donors (Lipinski definition) is 2. The van der Waals surface area contributed by atoms with Crippen molar-refractivity contribution < 1.29 is 14.9 Å². The number of hydrogen-bond acceptors (Lipinski definition) is 3. The second kappa shape index (κ2) is 4.40. The summed E-state index contributed by atoms with van der Waals surface area (Å²) in [5.41, 5.74) is 0. The number of aliphatic hydroxyl groups is 2. The van der Waals surface area contributed by atoms with Gasteiger partial charge in [0.2, 0.25) is 0 Å². The summed E-state index contributed by atoms with van der Waals surface area (Å²) in [6.45, 7) is 6.08. The monoisotopic (exact) mass is 188 g/mol. The van der Waals surface area contributed by atoms with Crippen LogP contribution in [0.5, 0.6) is 0 Å². The van der Waals surface area contributed by atoms with Crippen LogP contribution >= 0.6 is 0 Å². The van der Waals surface area contributed by atoms with Gasteiger partial charge in [-0.25, -0.2) is 0 Å². The molecule has 0 radical (unpaired) electrons. The third kappa shape index (κ3) is 2.66. The largest absolute Gasteiger partial charge is 0.388 e. The molecule has 0 aromatic carbocycles. The molecule has 0 aromatic rings. The highest BCUT2D eigenvalue weighted by Gasteiger charge is 2.39. The summed E-state index contributed by atoms with van der Waals surface area (Å²) in [6.07, 6.45) is 0.0481. The zero-order valence-corrected chi connectivity index (χ0v) is 8.60. The van der Waals surface area contributed by atoms with Crippen LogP contribution in [0.4, 0.5) is 0 Å². The molecule has 0 bridgehead atoms. The fraction of sp³-hybridized carbons (Fsp3) is 1.00. The lowest BCUT2D eigenvalue weighted by Gasteiger charge is -2.15. The molecule has 0 aliphatic carbocycles. The summed E-state index contributed by atoms with van der Waals surface area (Å²) >= 11 is 0. The molecule has 1 heterocycles. The Kier molecular flexibility index (Phi) is 3.71. The molecule has 1 rings (SSSR count). The third-order valence-corrected chi connectivity index (χ3v) is 2.63. The van der Waals surface area contributed by atoms with Crippen molar-refractivity contribution >= 4 is 0 Å². The lowest BCUT2D eigenvalue weighted by Crippen LogP contribution is -2.31. The average Bonchev–Trinajstić information content (AvgIpc) is 2.29. The summed E-state index contributed by atoms with van der Waals surface area (Å²) in [5, 5.41) is 19.0. The van der Waals surface area contributed by atoms with Gasteiger partial charge < -0.3 is 14.9 Å². The molecular formula is C10H20O3. The van der Waals surface area contributed by atoms with Gasteiger partial charge >= 0.3 is 0 Å². The van der Waals surface area contributed by atoms with E-state index in [1.54, 1.807) is 6.92 Å². The Bertz CT molecular complexity index is 158. The van der Waals surface area contributed by atoms with Crippen molar-refractivity contribution in [3.8, 4) is 0 Å². The first kappa shape index (κ1) is 11.0. The minimum absolute atomic E-state index is 0.174. The summed E-state index contributed by atoms with van der Waals surface area (Å²) in [5.74, 6) is 0.615. The van der Waals surface area contributed by atoms with Gasteiger partial charge in [-0.05, 0) is 25.7 Å². The minimum atomic E-state index is -0.711. The van der Waals surface area contributed by atoms with Crippen molar-refractivity contribution in [2.75, 3.05) is 0 Å². The van der Waals surface area contributed by atoms with Gasteiger partial charge in [0.05, 0.1) is 12.2 Å². The molecule has 0 amide bonds. The molecule has 0 spiro atoms. The molecule has 1 aliphatic rings. The maximum Gasteiger partial charge on any atom is 0.109 e. The Hall–Kier alpha value is -0.120. The SMILES string of the molecule is CC(C)CCC1OC(C)C(O)C1O. The Morgan fingerprint density at radius 1 is 1.23 bits per heavy atom. The Morgan fingerprint density at radius 3 is 2.23 bits per heavy atom. The van der Waals surface area contributed by atoms with Gasteiger partial charge in [-0.1, -0.05) is 13.8 Å². The van der Waals surface area contributed by atoms with Gasteiger partial charge in [-0.2, -0.15) is 0 Å². The molecule has 1 saturated heterocycles. The summed E-state index contributed by atoms with van der Waals surface area (Å²) in [4.78, 5) is 0. The fourth-order valence-electron chi connectivity index (χ4n) is 1.67. The lowest BCUT2D eigenvalue weighted by molar-refractivity contribution is 0.00847. The van der Waals surface area contributed by atoms with E-state index in [4.69, 9.17) is 4.74 Å². The van der Waals surface area contributed by atoms with Crippen molar-refractivity contribution in [2.24, 2.45) is 5.92 Å². The molecule has 2 N–H and O–H groups in total. The van der Waals surface area contributed by atoms with E-state index in [-0.39, 0.29) is 12.2 Å². The number of rotatable bonds is 3. The molecule has 3 heteroatoms. The molecule has 4 unspecified atom stereocenters. The topological polar surface area (TPSA) is 49.7 Å². The number of aliphatic hydroxyl groups excluding tert-OH is 2. The van der Waals surface area contributed by atoms with Crippen molar-refractivity contribution in [3.05, 3.63) is 0 Å². The van der Waals surface area contributed by atoms with Crippen LogP contribution in [0.1, 0.15) is 33.6 Å². The van der Waals surface area contributed by atoms with Gasteiger partial charge in [0.25, 0.3) is 0 Å². The van der Waals surface area contributed by atoms with Gasteiger partial charge in [0, 0.05) is 0 Å². The van der Waals surface area contributed by atoms with Crippen LogP contribution in [0.2, 0.25) is 0 Å². The zero-order valence-electron chi connectivity index (χ0n) is 8.60. The molecule has 4 atom stereocenters. The van der Waals surface area contributed by atoms with Gasteiger partial charge in [0.15, 0.2) is 0 Å². The summed E-state index contributed by atoms with van der Waals surface area (Å²) in [7, 11) is 0. The first-order valence-corrected chi connectivity index (χ1v) is 5.04. The Balaban J connectivity index is 2.35. The standard InChI is InChI=1S/C10H20O3/c1-6(2)4-5-8-10(12)9(11)7(3)13-8/h6-12H,4-5H2,1-3H3. The van der Waals surface area contributed by atoms with Crippen molar-refractivity contribution in [3.63, 3.8) is 0 Å². The van der Waals surface area contributed by atoms with E-state index >= 15 is 0 Å². The van der Waals surface area contributed by atoms with Crippen molar-refractivity contribution in [1.82, 2.24) is 0 Å². The van der Waals surface area contributed by atoms with E-state index < -0.39 is 12.2 Å². The number of ether oxygens (including phenoxy) is 1. The highest BCUT2D eigenvalue weighted by Crippen LogP contribution is 2.25. The fourth-order valence-corrected chi connectivity index (χ4v) is 1.67. The molecule has 0 aromatic heterocycles. The maximum absolute atomic E-state index is 9.57. The van der Waals surface area contributed by atoms with Crippen LogP contribution in [0.25, 0.3) is 0 Å². The van der Waals surface area contributed by atoms with Gasteiger partial charge in [0.1, 0.15) is 12.2 Å². The highest BCUT2D eigenvalue weighted by atomic mass is 16.5. The van der Waals surface area contributed by atoms with Crippen molar-refractivity contribution in [2.45, 2.75) is 58.0 Å². The van der Waals surface area contributed by atoms with Crippen LogP contribution in [-0.4, -0.2) is 34.6 Å². The molecule has 1 fully saturated rings. The van der Waals surface area contributed by atoms with Gasteiger partial charge in [-0.3, -0.25) is 0 Å². The van der Waals surface area contributed by atoms with Crippen LogP contribution in [0.3, 0.4) is 0 Å². The molecule has 0 saturated carbocycles. The Morgan fingerprint density at radius 2 is 1.85 bits per heavy atom. The average molecular weight is 188 g/mol. The highest BCUT2D eigenvalue weighted by molar-refractivity contribution is 4.88. The predicted molar refractivity (Wildman–Crippen MR) is 50.4 cm³/mol. The van der Waals surface area contributed by atoms with E-state index in [9.17, 15) is 10.2 Å². The molecule has 3 nitrogen and oxygen atoms in total. The van der Waals surface area contributed by atoms with Gasteiger partial charge in [-0.15, -0.1) is 0 Å². The molecule has 1 aliphatic heterocycles. The second-order valence-corrected chi connectivity index (χ2v) is 4.33. The zero-order chi connectivity index (χ0) is 10.0.